The van der Waals surface area contributed by atoms with Crippen molar-refractivity contribution in [3.05, 3.63) is 54.6 Å². The minimum Gasteiger partial charge on any atom is -0.457 e. The molecule has 0 saturated carbocycles. The summed E-state index contributed by atoms with van der Waals surface area (Å²) in [5.74, 6) is 1.53. The number of hydrogen-bond acceptors (Lipinski definition) is 3. The van der Waals surface area contributed by atoms with Crippen molar-refractivity contribution in [2.75, 3.05) is 5.48 Å². The fourth-order valence-corrected chi connectivity index (χ4v) is 1.22. The molecular formula is C12H11NO2. The SMILES string of the molecule is ONc1ccc(Oc2ccccc2)cc1. The molecule has 0 bridgehead atoms. The van der Waals surface area contributed by atoms with Crippen LogP contribution in [0.3, 0.4) is 0 Å². The normalized spacial score (nSPS) is 9.67. The molecule has 0 aliphatic carbocycles. The van der Waals surface area contributed by atoms with E-state index in [1.54, 1.807) is 24.3 Å². The molecule has 3 heteroatoms. The van der Waals surface area contributed by atoms with Gasteiger partial charge in [-0.15, -0.1) is 0 Å². The van der Waals surface area contributed by atoms with E-state index in [2.05, 4.69) is 5.48 Å². The lowest BCUT2D eigenvalue weighted by Gasteiger charge is -2.05. The molecule has 0 spiro atoms. The summed E-state index contributed by atoms with van der Waals surface area (Å²) in [6.07, 6.45) is 0. The van der Waals surface area contributed by atoms with Gasteiger partial charge < -0.3 is 4.74 Å². The van der Waals surface area contributed by atoms with Crippen LogP contribution in [0.2, 0.25) is 0 Å². The summed E-state index contributed by atoms with van der Waals surface area (Å²) in [6, 6.07) is 16.6. The van der Waals surface area contributed by atoms with Crippen LogP contribution in [0.5, 0.6) is 11.5 Å². The zero-order chi connectivity index (χ0) is 10.5. The standard InChI is InChI=1S/C12H11NO2/c14-13-10-6-8-12(9-7-10)15-11-4-2-1-3-5-11/h1-9,13-14H. The molecule has 0 atom stereocenters. The number of rotatable bonds is 3. The summed E-state index contributed by atoms with van der Waals surface area (Å²) in [4.78, 5) is 0. The highest BCUT2D eigenvalue weighted by Gasteiger charge is 1.95. The lowest BCUT2D eigenvalue weighted by atomic mass is 10.3. The van der Waals surface area contributed by atoms with Gasteiger partial charge in [-0.3, -0.25) is 10.7 Å². The molecule has 2 aromatic carbocycles. The Kier molecular flexibility index (Phi) is 2.85. The van der Waals surface area contributed by atoms with Crippen molar-refractivity contribution in [1.29, 1.82) is 0 Å². The molecule has 0 heterocycles. The smallest absolute Gasteiger partial charge is 0.127 e. The van der Waals surface area contributed by atoms with Crippen molar-refractivity contribution in [3.63, 3.8) is 0 Å². The van der Waals surface area contributed by atoms with Gasteiger partial charge in [-0.2, -0.15) is 0 Å². The Balaban J connectivity index is 2.11. The Labute approximate surface area is 87.9 Å². The molecule has 0 aromatic heterocycles. The molecule has 0 aliphatic heterocycles. The number of para-hydroxylation sites is 1. The first-order valence-electron chi connectivity index (χ1n) is 4.61. The second-order valence-electron chi connectivity index (χ2n) is 3.05. The van der Waals surface area contributed by atoms with E-state index in [0.717, 1.165) is 11.5 Å². The van der Waals surface area contributed by atoms with Gasteiger partial charge in [0.05, 0.1) is 5.69 Å². The molecule has 0 fully saturated rings. The van der Waals surface area contributed by atoms with Crippen LogP contribution in [0.1, 0.15) is 0 Å². The van der Waals surface area contributed by atoms with Gasteiger partial charge in [-0.05, 0) is 36.4 Å². The maximum absolute atomic E-state index is 8.63. The third-order valence-electron chi connectivity index (χ3n) is 1.96. The Hall–Kier alpha value is -2.00. The lowest BCUT2D eigenvalue weighted by Crippen LogP contribution is -1.88. The van der Waals surface area contributed by atoms with Gasteiger partial charge in [-0.25, -0.2) is 0 Å². The van der Waals surface area contributed by atoms with E-state index in [4.69, 9.17) is 9.94 Å². The molecule has 2 aromatic rings. The predicted octanol–water partition coefficient (Wildman–Crippen LogP) is 3.28. The topological polar surface area (TPSA) is 41.5 Å². The zero-order valence-electron chi connectivity index (χ0n) is 8.05. The quantitative estimate of drug-likeness (QED) is 0.749. The van der Waals surface area contributed by atoms with E-state index in [1.165, 1.54) is 0 Å². The second kappa shape index (κ2) is 4.48. The highest BCUT2D eigenvalue weighted by Crippen LogP contribution is 2.22. The van der Waals surface area contributed by atoms with Crippen LogP contribution in [0.15, 0.2) is 54.6 Å². The van der Waals surface area contributed by atoms with Gasteiger partial charge in [0.2, 0.25) is 0 Å². The summed E-state index contributed by atoms with van der Waals surface area (Å²) >= 11 is 0. The van der Waals surface area contributed by atoms with Gasteiger partial charge >= 0.3 is 0 Å². The van der Waals surface area contributed by atoms with Crippen LogP contribution in [-0.4, -0.2) is 5.21 Å². The van der Waals surface area contributed by atoms with Crippen LogP contribution in [0, 0.1) is 0 Å². The largest absolute Gasteiger partial charge is 0.457 e. The third kappa shape index (κ3) is 2.48. The lowest BCUT2D eigenvalue weighted by molar-refractivity contribution is 0.388. The molecule has 0 amide bonds. The van der Waals surface area contributed by atoms with Crippen LogP contribution in [0.4, 0.5) is 5.69 Å². The third-order valence-corrected chi connectivity index (χ3v) is 1.96. The Morgan fingerprint density at radius 2 is 1.40 bits per heavy atom. The van der Waals surface area contributed by atoms with Gasteiger partial charge in [-0.1, -0.05) is 18.2 Å². The molecule has 2 N–H and O–H groups in total. The monoisotopic (exact) mass is 201 g/mol. The average Bonchev–Trinajstić information content (AvgIpc) is 2.31. The Morgan fingerprint density at radius 3 is 2.00 bits per heavy atom. The van der Waals surface area contributed by atoms with Crippen molar-refractivity contribution in [2.45, 2.75) is 0 Å². The van der Waals surface area contributed by atoms with Gasteiger partial charge in [0.25, 0.3) is 0 Å². The Bertz CT molecular complexity index is 411. The van der Waals surface area contributed by atoms with E-state index in [1.807, 2.05) is 30.3 Å². The molecule has 0 saturated heterocycles. The molecule has 15 heavy (non-hydrogen) atoms. The van der Waals surface area contributed by atoms with Crippen molar-refractivity contribution in [1.82, 2.24) is 0 Å². The summed E-state index contributed by atoms with van der Waals surface area (Å²) in [6.45, 7) is 0. The van der Waals surface area contributed by atoms with Crippen molar-refractivity contribution in [2.24, 2.45) is 0 Å². The summed E-state index contributed by atoms with van der Waals surface area (Å²) < 4.78 is 5.57. The maximum atomic E-state index is 8.63. The molecule has 0 aliphatic rings. The van der Waals surface area contributed by atoms with Gasteiger partial charge in [0.15, 0.2) is 0 Å². The second-order valence-corrected chi connectivity index (χ2v) is 3.05. The van der Waals surface area contributed by atoms with Gasteiger partial charge in [0, 0.05) is 0 Å². The molecule has 0 radical (unpaired) electrons. The minimum atomic E-state index is 0.635. The highest BCUT2D eigenvalue weighted by atomic mass is 16.5. The van der Waals surface area contributed by atoms with E-state index in [9.17, 15) is 0 Å². The number of hydrogen-bond donors (Lipinski definition) is 2. The molecule has 0 unspecified atom stereocenters. The molecule has 76 valence electrons. The summed E-state index contributed by atoms with van der Waals surface area (Å²) in [7, 11) is 0. The zero-order valence-corrected chi connectivity index (χ0v) is 8.05. The number of ether oxygens (including phenoxy) is 1. The van der Waals surface area contributed by atoms with E-state index >= 15 is 0 Å². The van der Waals surface area contributed by atoms with E-state index in [-0.39, 0.29) is 0 Å². The first kappa shape index (κ1) is 9.55. The van der Waals surface area contributed by atoms with Crippen LogP contribution in [-0.2, 0) is 0 Å². The predicted molar refractivity (Wildman–Crippen MR) is 58.4 cm³/mol. The molecular weight excluding hydrogens is 190 g/mol. The van der Waals surface area contributed by atoms with Crippen LogP contribution >= 0.6 is 0 Å². The van der Waals surface area contributed by atoms with Crippen molar-refractivity contribution >= 4 is 5.69 Å². The number of nitrogens with one attached hydrogen (secondary N) is 1. The fraction of sp³-hybridized carbons (Fsp3) is 0. The maximum Gasteiger partial charge on any atom is 0.127 e. The van der Waals surface area contributed by atoms with Crippen LogP contribution < -0.4 is 10.2 Å². The fourth-order valence-electron chi connectivity index (χ4n) is 1.22. The van der Waals surface area contributed by atoms with E-state index in [0.29, 0.717) is 5.69 Å². The van der Waals surface area contributed by atoms with Crippen LogP contribution in [0.25, 0.3) is 0 Å². The Morgan fingerprint density at radius 1 is 0.800 bits per heavy atom. The average molecular weight is 201 g/mol. The minimum absolute atomic E-state index is 0.635. The molecule has 2 rings (SSSR count). The number of anilines is 1. The molecule has 3 nitrogen and oxygen atoms in total. The first-order valence-corrected chi connectivity index (χ1v) is 4.61. The van der Waals surface area contributed by atoms with E-state index < -0.39 is 0 Å². The summed E-state index contributed by atoms with van der Waals surface area (Å²) in [5, 5.41) is 8.63. The van der Waals surface area contributed by atoms with Gasteiger partial charge in [0.1, 0.15) is 11.5 Å². The first-order chi connectivity index (χ1) is 7.38. The van der Waals surface area contributed by atoms with Crippen molar-refractivity contribution in [3.8, 4) is 11.5 Å². The number of benzene rings is 2. The summed E-state index contributed by atoms with van der Waals surface area (Å²) in [5.41, 5.74) is 2.70. The highest BCUT2D eigenvalue weighted by molar-refractivity contribution is 5.45. The van der Waals surface area contributed by atoms with Crippen molar-refractivity contribution < 1.29 is 9.94 Å².